The molecule has 23 heavy (non-hydrogen) atoms. The minimum absolute atomic E-state index is 0.0838. The number of hydrogen-bond acceptors (Lipinski definition) is 2. The monoisotopic (exact) mass is 328 g/mol. The van der Waals surface area contributed by atoms with Crippen LogP contribution in [-0.4, -0.2) is 29.2 Å². The molecule has 0 saturated carbocycles. The maximum absolute atomic E-state index is 14.0. The Balaban J connectivity index is 1.94. The topological polar surface area (TPSA) is 29.5 Å². The number of halogens is 3. The smallest absolute Gasteiger partial charge is 0.410 e. The maximum atomic E-state index is 14.0. The summed E-state index contributed by atoms with van der Waals surface area (Å²) in [4.78, 5) is 13.6. The molecule has 0 spiro atoms. The molecule has 0 aromatic heterocycles. The molecule has 1 aromatic carbocycles. The highest BCUT2D eigenvalue weighted by Gasteiger charge is 2.35. The Morgan fingerprint density at radius 3 is 2.65 bits per heavy atom. The molecule has 127 valence electrons. The zero-order chi connectivity index (χ0) is 17.2. The third-order valence-corrected chi connectivity index (χ3v) is 3.68. The second-order valence-corrected chi connectivity index (χ2v) is 6.61. The molecule has 1 aliphatic heterocycles. The van der Waals surface area contributed by atoms with E-state index in [0.29, 0.717) is 13.0 Å². The number of hydrogen-bond donors (Lipinski definition) is 0. The molecule has 0 aliphatic carbocycles. The van der Waals surface area contributed by atoms with E-state index in [2.05, 4.69) is 0 Å². The van der Waals surface area contributed by atoms with Gasteiger partial charge < -0.3 is 9.64 Å². The SMILES string of the molecule is CC(C)(C)OC(=O)N1CCC1C[CH]c1cccc(C(F)F)c1F. The van der Waals surface area contributed by atoms with Crippen molar-refractivity contribution < 1.29 is 22.7 Å². The van der Waals surface area contributed by atoms with Crippen molar-refractivity contribution in [3.63, 3.8) is 0 Å². The van der Waals surface area contributed by atoms with Crippen molar-refractivity contribution in [2.24, 2.45) is 0 Å². The van der Waals surface area contributed by atoms with Crippen LogP contribution < -0.4 is 0 Å². The number of likely N-dealkylation sites (tertiary alicyclic amines) is 1. The highest BCUT2D eigenvalue weighted by atomic mass is 19.3. The summed E-state index contributed by atoms with van der Waals surface area (Å²) in [7, 11) is 0. The van der Waals surface area contributed by atoms with E-state index in [1.54, 1.807) is 32.1 Å². The summed E-state index contributed by atoms with van der Waals surface area (Å²) in [5.74, 6) is -0.898. The van der Waals surface area contributed by atoms with Crippen LogP contribution >= 0.6 is 0 Å². The molecule has 0 bridgehead atoms. The van der Waals surface area contributed by atoms with Crippen LogP contribution in [0.2, 0.25) is 0 Å². The zero-order valence-electron chi connectivity index (χ0n) is 13.5. The minimum Gasteiger partial charge on any atom is -0.444 e. The first-order chi connectivity index (χ1) is 10.7. The zero-order valence-corrected chi connectivity index (χ0v) is 13.5. The molecule has 0 N–H and O–H groups in total. The summed E-state index contributed by atoms with van der Waals surface area (Å²) in [6.45, 7) is 5.96. The van der Waals surface area contributed by atoms with Gasteiger partial charge in [-0.25, -0.2) is 18.0 Å². The quantitative estimate of drug-likeness (QED) is 0.801. The van der Waals surface area contributed by atoms with E-state index < -0.39 is 29.5 Å². The highest BCUT2D eigenvalue weighted by Crippen LogP contribution is 2.29. The molecule has 1 fully saturated rings. The lowest BCUT2D eigenvalue weighted by Crippen LogP contribution is -2.52. The summed E-state index contributed by atoms with van der Waals surface area (Å²) in [5, 5.41) is 0. The van der Waals surface area contributed by atoms with Gasteiger partial charge in [-0.3, -0.25) is 0 Å². The van der Waals surface area contributed by atoms with Crippen LogP contribution in [0.1, 0.15) is 51.2 Å². The van der Waals surface area contributed by atoms with E-state index in [1.165, 1.54) is 12.1 Å². The van der Waals surface area contributed by atoms with Crippen molar-refractivity contribution in [2.45, 2.75) is 51.7 Å². The highest BCUT2D eigenvalue weighted by molar-refractivity contribution is 5.69. The Hall–Kier alpha value is -1.72. The second-order valence-electron chi connectivity index (χ2n) is 6.61. The number of alkyl halides is 2. The standard InChI is InChI=1S/C17H21F3NO2/c1-17(2,3)23-16(22)21-10-9-12(21)8-7-11-5-4-6-13(14(11)18)15(19)20/h4-7,12,15H,8-10H2,1-3H3. The molecule has 6 heteroatoms. The number of nitrogens with zero attached hydrogens (tertiary/aromatic N) is 1. The molecule has 1 saturated heterocycles. The Labute approximate surface area is 134 Å². The van der Waals surface area contributed by atoms with Crippen molar-refractivity contribution >= 4 is 6.09 Å². The molecule has 1 radical (unpaired) electrons. The van der Waals surface area contributed by atoms with Gasteiger partial charge in [0.25, 0.3) is 6.43 Å². The fraction of sp³-hybridized carbons (Fsp3) is 0.529. The first kappa shape index (κ1) is 17.6. The van der Waals surface area contributed by atoms with Crippen LogP contribution in [0.3, 0.4) is 0 Å². The fourth-order valence-electron chi connectivity index (χ4n) is 2.40. The first-order valence-corrected chi connectivity index (χ1v) is 7.58. The molecule has 1 unspecified atom stereocenters. The van der Waals surface area contributed by atoms with E-state index in [-0.39, 0.29) is 11.6 Å². The lowest BCUT2D eigenvalue weighted by atomic mass is 9.95. The lowest BCUT2D eigenvalue weighted by molar-refractivity contribution is -0.00504. The summed E-state index contributed by atoms with van der Waals surface area (Å²) in [6, 6.07) is 3.85. The van der Waals surface area contributed by atoms with E-state index in [9.17, 15) is 18.0 Å². The van der Waals surface area contributed by atoms with Gasteiger partial charge in [-0.15, -0.1) is 0 Å². The molecular formula is C17H21F3NO2. The van der Waals surface area contributed by atoms with E-state index in [1.807, 2.05) is 0 Å². The summed E-state index contributed by atoms with van der Waals surface area (Å²) in [5.41, 5.74) is -1.03. The van der Waals surface area contributed by atoms with Gasteiger partial charge in [0, 0.05) is 12.6 Å². The third kappa shape index (κ3) is 4.39. The Morgan fingerprint density at radius 1 is 1.43 bits per heavy atom. The van der Waals surface area contributed by atoms with E-state index in [4.69, 9.17) is 4.74 Å². The first-order valence-electron chi connectivity index (χ1n) is 7.58. The van der Waals surface area contributed by atoms with Gasteiger partial charge in [0.2, 0.25) is 0 Å². The van der Waals surface area contributed by atoms with Crippen molar-refractivity contribution in [3.05, 3.63) is 41.6 Å². The van der Waals surface area contributed by atoms with Crippen molar-refractivity contribution in [1.29, 1.82) is 0 Å². The van der Waals surface area contributed by atoms with Crippen LogP contribution in [0, 0.1) is 12.2 Å². The predicted octanol–water partition coefficient (Wildman–Crippen LogP) is 4.72. The van der Waals surface area contributed by atoms with Gasteiger partial charge in [0.15, 0.2) is 0 Å². The van der Waals surface area contributed by atoms with Crippen LogP contribution in [0.4, 0.5) is 18.0 Å². The number of benzene rings is 1. The van der Waals surface area contributed by atoms with Gasteiger partial charge in [0.1, 0.15) is 11.4 Å². The van der Waals surface area contributed by atoms with Crippen LogP contribution in [0.15, 0.2) is 18.2 Å². The van der Waals surface area contributed by atoms with Crippen molar-refractivity contribution in [2.75, 3.05) is 6.54 Å². The number of carbonyl (C=O) groups excluding carboxylic acids is 1. The van der Waals surface area contributed by atoms with E-state index >= 15 is 0 Å². The van der Waals surface area contributed by atoms with E-state index in [0.717, 1.165) is 12.5 Å². The summed E-state index contributed by atoms with van der Waals surface area (Å²) < 4.78 is 44.6. The molecule has 1 heterocycles. The van der Waals surface area contributed by atoms with Crippen LogP contribution in [-0.2, 0) is 4.74 Å². The fourth-order valence-corrected chi connectivity index (χ4v) is 2.40. The average molecular weight is 328 g/mol. The van der Waals surface area contributed by atoms with Crippen LogP contribution in [0.25, 0.3) is 0 Å². The Bertz CT molecular complexity index is 569. The molecule has 1 atom stereocenters. The second kappa shape index (κ2) is 6.81. The number of ether oxygens (including phenoxy) is 1. The maximum Gasteiger partial charge on any atom is 0.410 e. The van der Waals surface area contributed by atoms with Gasteiger partial charge in [-0.1, -0.05) is 18.2 Å². The number of rotatable bonds is 4. The van der Waals surface area contributed by atoms with Gasteiger partial charge in [-0.05, 0) is 45.6 Å². The Kier molecular flexibility index (Phi) is 5.22. The minimum atomic E-state index is -2.84. The van der Waals surface area contributed by atoms with Crippen molar-refractivity contribution in [1.82, 2.24) is 4.90 Å². The lowest BCUT2D eigenvalue weighted by Gasteiger charge is -2.41. The average Bonchev–Trinajstić information content (AvgIpc) is 2.36. The Morgan fingerprint density at radius 2 is 2.13 bits per heavy atom. The van der Waals surface area contributed by atoms with Gasteiger partial charge >= 0.3 is 6.09 Å². The van der Waals surface area contributed by atoms with Crippen molar-refractivity contribution in [3.8, 4) is 0 Å². The van der Waals surface area contributed by atoms with Gasteiger partial charge in [-0.2, -0.15) is 0 Å². The number of amides is 1. The molecule has 2 rings (SSSR count). The normalized spacial score (nSPS) is 18.0. The molecule has 1 aromatic rings. The predicted molar refractivity (Wildman–Crippen MR) is 80.7 cm³/mol. The number of carbonyl (C=O) groups is 1. The molecular weight excluding hydrogens is 307 g/mol. The largest absolute Gasteiger partial charge is 0.444 e. The third-order valence-electron chi connectivity index (χ3n) is 3.68. The molecule has 1 aliphatic rings. The summed E-state index contributed by atoms with van der Waals surface area (Å²) in [6.07, 6.45) is -0.494. The molecule has 3 nitrogen and oxygen atoms in total. The molecule has 1 amide bonds. The van der Waals surface area contributed by atoms with Gasteiger partial charge in [0.05, 0.1) is 5.56 Å². The van der Waals surface area contributed by atoms with Crippen LogP contribution in [0.5, 0.6) is 0 Å². The summed E-state index contributed by atoms with van der Waals surface area (Å²) >= 11 is 0.